The lowest BCUT2D eigenvalue weighted by Gasteiger charge is -2.08. The van der Waals surface area contributed by atoms with Gasteiger partial charge in [0.25, 0.3) is 5.91 Å². The zero-order valence-corrected chi connectivity index (χ0v) is 13.1. The van der Waals surface area contributed by atoms with E-state index in [1.807, 2.05) is 0 Å². The second-order valence-electron chi connectivity index (χ2n) is 3.96. The van der Waals surface area contributed by atoms with Crippen LogP contribution in [0.1, 0.15) is 36.0 Å². The van der Waals surface area contributed by atoms with Crippen LogP contribution in [-0.4, -0.2) is 17.8 Å². The van der Waals surface area contributed by atoms with Crippen LogP contribution in [0.15, 0.2) is 18.2 Å². The maximum atomic E-state index is 11.9. The topological polar surface area (TPSA) is 29.1 Å². The number of unbranched alkanes of at least 4 members (excludes halogenated alkanes) is 3. The van der Waals surface area contributed by atoms with Crippen LogP contribution in [-0.2, 0) is 0 Å². The molecule has 1 N–H and O–H groups in total. The average molecular weight is 353 g/mol. The first-order valence-electron chi connectivity index (χ1n) is 5.95. The molecule has 0 fully saturated rings. The summed E-state index contributed by atoms with van der Waals surface area (Å²) in [6, 6.07) is 5.05. The standard InChI is InChI=1S/C13H16BrCl2NO/c14-8-3-1-2-4-9-17-13(18)12-10(15)6-5-7-11(12)16/h5-7H,1-4,8-9H2,(H,17,18). The molecule has 0 aliphatic heterocycles. The van der Waals surface area contributed by atoms with Crippen molar-refractivity contribution in [3.63, 3.8) is 0 Å². The third kappa shape index (κ3) is 5.17. The SMILES string of the molecule is O=C(NCCCCCCBr)c1c(Cl)cccc1Cl. The first kappa shape index (κ1) is 15.8. The normalized spacial score (nSPS) is 10.4. The van der Waals surface area contributed by atoms with E-state index in [2.05, 4.69) is 21.2 Å². The Morgan fingerprint density at radius 1 is 1.11 bits per heavy atom. The molecule has 1 aromatic carbocycles. The number of benzene rings is 1. The molecule has 0 saturated carbocycles. The van der Waals surface area contributed by atoms with Gasteiger partial charge in [-0.15, -0.1) is 0 Å². The Labute approximate surface area is 126 Å². The van der Waals surface area contributed by atoms with E-state index in [1.165, 1.54) is 12.8 Å². The van der Waals surface area contributed by atoms with Gasteiger partial charge in [0.05, 0.1) is 15.6 Å². The maximum absolute atomic E-state index is 11.9. The monoisotopic (exact) mass is 351 g/mol. The Kier molecular flexibility index (Phi) is 7.71. The summed E-state index contributed by atoms with van der Waals surface area (Å²) in [5.41, 5.74) is 0.362. The van der Waals surface area contributed by atoms with Crippen molar-refractivity contribution in [1.82, 2.24) is 5.32 Å². The molecule has 1 rings (SSSR count). The highest BCUT2D eigenvalue weighted by molar-refractivity contribution is 9.09. The lowest BCUT2D eigenvalue weighted by Crippen LogP contribution is -2.25. The lowest BCUT2D eigenvalue weighted by atomic mass is 10.2. The predicted octanol–water partition coefficient (Wildman–Crippen LogP) is 4.68. The van der Waals surface area contributed by atoms with Crippen molar-refractivity contribution < 1.29 is 4.79 Å². The Bertz CT molecular complexity index is 378. The minimum absolute atomic E-state index is 0.203. The summed E-state index contributed by atoms with van der Waals surface area (Å²) < 4.78 is 0. The molecule has 100 valence electrons. The third-order valence-electron chi connectivity index (χ3n) is 2.54. The number of hydrogen-bond donors (Lipinski definition) is 1. The Morgan fingerprint density at radius 3 is 2.33 bits per heavy atom. The molecular weight excluding hydrogens is 337 g/mol. The first-order valence-corrected chi connectivity index (χ1v) is 7.82. The fourth-order valence-corrected chi connectivity index (χ4v) is 2.54. The second kappa shape index (κ2) is 8.78. The van der Waals surface area contributed by atoms with Crippen LogP contribution in [0, 0.1) is 0 Å². The van der Waals surface area contributed by atoms with Crippen LogP contribution < -0.4 is 5.32 Å². The predicted molar refractivity (Wildman–Crippen MR) is 81.1 cm³/mol. The van der Waals surface area contributed by atoms with E-state index < -0.39 is 0 Å². The van der Waals surface area contributed by atoms with Crippen LogP contribution in [0.2, 0.25) is 10.0 Å². The van der Waals surface area contributed by atoms with Crippen LogP contribution in [0.5, 0.6) is 0 Å². The Hall–Kier alpha value is -0.250. The van der Waals surface area contributed by atoms with Crippen molar-refractivity contribution in [3.05, 3.63) is 33.8 Å². The van der Waals surface area contributed by atoms with E-state index in [4.69, 9.17) is 23.2 Å². The molecule has 1 aromatic rings. The zero-order valence-electron chi connectivity index (χ0n) is 10.0. The maximum Gasteiger partial charge on any atom is 0.254 e. The molecule has 0 unspecified atom stereocenters. The number of halogens is 3. The first-order chi connectivity index (χ1) is 8.66. The van der Waals surface area contributed by atoms with E-state index in [0.29, 0.717) is 22.2 Å². The van der Waals surface area contributed by atoms with Crippen LogP contribution in [0.3, 0.4) is 0 Å². The minimum atomic E-state index is -0.203. The number of alkyl halides is 1. The number of nitrogens with one attached hydrogen (secondary N) is 1. The molecule has 0 bridgehead atoms. The number of carbonyl (C=O) groups excluding carboxylic acids is 1. The van der Waals surface area contributed by atoms with Gasteiger partial charge in [-0.05, 0) is 25.0 Å². The van der Waals surface area contributed by atoms with Gasteiger partial charge in [-0.3, -0.25) is 4.79 Å². The van der Waals surface area contributed by atoms with Crippen molar-refractivity contribution in [3.8, 4) is 0 Å². The number of carbonyl (C=O) groups is 1. The molecule has 1 amide bonds. The van der Waals surface area contributed by atoms with Crippen LogP contribution in [0.25, 0.3) is 0 Å². The molecule has 0 aliphatic carbocycles. The highest BCUT2D eigenvalue weighted by Crippen LogP contribution is 2.23. The van der Waals surface area contributed by atoms with Gasteiger partial charge in [0.2, 0.25) is 0 Å². The molecule has 0 heterocycles. The third-order valence-corrected chi connectivity index (χ3v) is 3.73. The average Bonchev–Trinajstić information content (AvgIpc) is 2.33. The van der Waals surface area contributed by atoms with E-state index in [-0.39, 0.29) is 5.91 Å². The van der Waals surface area contributed by atoms with E-state index in [9.17, 15) is 4.79 Å². The van der Waals surface area contributed by atoms with Crippen molar-refractivity contribution in [2.75, 3.05) is 11.9 Å². The number of rotatable bonds is 7. The molecule has 0 aromatic heterocycles. The van der Waals surface area contributed by atoms with Crippen molar-refractivity contribution in [2.45, 2.75) is 25.7 Å². The van der Waals surface area contributed by atoms with Gasteiger partial charge in [0, 0.05) is 11.9 Å². The summed E-state index contributed by atoms with van der Waals surface area (Å²) in [6.07, 6.45) is 4.43. The lowest BCUT2D eigenvalue weighted by molar-refractivity contribution is 0.0953. The summed E-state index contributed by atoms with van der Waals surface area (Å²) in [5, 5.41) is 4.65. The van der Waals surface area contributed by atoms with Gasteiger partial charge in [0.1, 0.15) is 0 Å². The summed E-state index contributed by atoms with van der Waals surface area (Å²) >= 11 is 15.3. The fourth-order valence-electron chi connectivity index (χ4n) is 1.58. The molecule has 18 heavy (non-hydrogen) atoms. The molecule has 0 aliphatic rings. The summed E-state index contributed by atoms with van der Waals surface area (Å²) in [4.78, 5) is 11.9. The van der Waals surface area contributed by atoms with Crippen molar-refractivity contribution >= 4 is 45.0 Å². The van der Waals surface area contributed by atoms with E-state index in [1.54, 1.807) is 18.2 Å². The minimum Gasteiger partial charge on any atom is -0.352 e. The smallest absolute Gasteiger partial charge is 0.254 e. The fraction of sp³-hybridized carbons (Fsp3) is 0.462. The van der Waals surface area contributed by atoms with E-state index in [0.717, 1.165) is 18.2 Å². The number of hydrogen-bond acceptors (Lipinski definition) is 1. The molecule has 0 radical (unpaired) electrons. The van der Waals surface area contributed by atoms with Gasteiger partial charge in [-0.1, -0.05) is 58.0 Å². The van der Waals surface area contributed by atoms with Gasteiger partial charge in [0.15, 0.2) is 0 Å². The largest absolute Gasteiger partial charge is 0.352 e. The molecule has 5 heteroatoms. The van der Waals surface area contributed by atoms with Gasteiger partial charge in [-0.25, -0.2) is 0 Å². The van der Waals surface area contributed by atoms with Crippen molar-refractivity contribution in [1.29, 1.82) is 0 Å². The Balaban J connectivity index is 2.37. The second-order valence-corrected chi connectivity index (χ2v) is 5.56. The molecule has 0 atom stereocenters. The Morgan fingerprint density at radius 2 is 1.72 bits per heavy atom. The highest BCUT2D eigenvalue weighted by Gasteiger charge is 2.13. The summed E-state index contributed by atoms with van der Waals surface area (Å²) in [7, 11) is 0. The zero-order chi connectivity index (χ0) is 13.4. The molecular formula is C13H16BrCl2NO. The van der Waals surface area contributed by atoms with Crippen LogP contribution in [0.4, 0.5) is 0 Å². The summed E-state index contributed by atoms with van der Waals surface area (Å²) in [6.45, 7) is 0.655. The molecule has 0 saturated heterocycles. The van der Waals surface area contributed by atoms with Crippen molar-refractivity contribution in [2.24, 2.45) is 0 Å². The van der Waals surface area contributed by atoms with Gasteiger partial charge >= 0.3 is 0 Å². The van der Waals surface area contributed by atoms with Gasteiger partial charge in [-0.2, -0.15) is 0 Å². The van der Waals surface area contributed by atoms with Gasteiger partial charge < -0.3 is 5.32 Å². The quantitative estimate of drug-likeness (QED) is 0.560. The summed E-state index contributed by atoms with van der Waals surface area (Å²) in [5.74, 6) is -0.203. The molecule has 2 nitrogen and oxygen atoms in total. The number of amides is 1. The molecule has 0 spiro atoms. The van der Waals surface area contributed by atoms with Crippen LogP contribution >= 0.6 is 39.1 Å². The highest BCUT2D eigenvalue weighted by atomic mass is 79.9. The van der Waals surface area contributed by atoms with E-state index >= 15 is 0 Å².